The molecule has 0 radical (unpaired) electrons. The maximum atomic E-state index is 14.8. The highest BCUT2D eigenvalue weighted by Gasteiger charge is 2.50. The molecule has 0 saturated carbocycles. The number of rotatable bonds is 8. The molecule has 2 atom stereocenters. The van der Waals surface area contributed by atoms with E-state index in [-0.39, 0.29) is 17.5 Å². The molecule has 9 nitrogen and oxygen atoms in total. The van der Waals surface area contributed by atoms with Gasteiger partial charge in [-0.05, 0) is 62.7 Å². The summed E-state index contributed by atoms with van der Waals surface area (Å²) >= 11 is 7.38. The van der Waals surface area contributed by atoms with Crippen molar-refractivity contribution in [3.05, 3.63) is 69.6 Å². The highest BCUT2D eigenvalue weighted by molar-refractivity contribution is 7.20. The van der Waals surface area contributed by atoms with E-state index in [1.54, 1.807) is 19.1 Å². The van der Waals surface area contributed by atoms with Crippen LogP contribution in [0.4, 0.5) is 10.1 Å². The van der Waals surface area contributed by atoms with Crippen LogP contribution in [0, 0.1) is 11.2 Å². The van der Waals surface area contributed by atoms with Gasteiger partial charge < -0.3 is 28.4 Å². The summed E-state index contributed by atoms with van der Waals surface area (Å²) in [4.78, 5) is 23.6. The molecule has 1 spiro atoms. The molecule has 0 amide bonds. The van der Waals surface area contributed by atoms with Gasteiger partial charge in [0.1, 0.15) is 21.3 Å². The van der Waals surface area contributed by atoms with E-state index in [1.807, 2.05) is 31.2 Å². The van der Waals surface area contributed by atoms with E-state index in [0.29, 0.717) is 33.6 Å². The largest absolute Gasteiger partial charge is 0.462 e. The van der Waals surface area contributed by atoms with Gasteiger partial charge in [-0.2, -0.15) is 0 Å². The predicted molar refractivity (Wildman–Crippen MR) is 169 cm³/mol. The van der Waals surface area contributed by atoms with Gasteiger partial charge in [0.25, 0.3) is 5.79 Å². The number of hydrogen-bond donors (Lipinski definition) is 0. The number of esters is 1. The van der Waals surface area contributed by atoms with Crippen molar-refractivity contribution in [2.45, 2.75) is 51.7 Å². The molecule has 236 valence electrons. The van der Waals surface area contributed by atoms with Crippen LogP contribution in [0.25, 0.3) is 10.3 Å². The van der Waals surface area contributed by atoms with Crippen LogP contribution in [0.1, 0.15) is 47.7 Å². The summed E-state index contributed by atoms with van der Waals surface area (Å²) in [5.41, 5.74) is 2.42. The molecule has 1 unspecified atom stereocenters. The van der Waals surface area contributed by atoms with Crippen molar-refractivity contribution >= 4 is 44.9 Å². The number of anilines is 1. The third-order valence-electron chi connectivity index (χ3n) is 9.44. The maximum Gasteiger partial charge on any atom is 0.348 e. The van der Waals surface area contributed by atoms with Crippen molar-refractivity contribution in [2.75, 3.05) is 44.3 Å². The molecular formula is C33H34ClFN4O5S. The van der Waals surface area contributed by atoms with E-state index in [2.05, 4.69) is 14.4 Å². The Labute approximate surface area is 269 Å². The Kier molecular flexibility index (Phi) is 7.01. The molecule has 45 heavy (non-hydrogen) atoms. The summed E-state index contributed by atoms with van der Waals surface area (Å²) < 4.78 is 40.6. The number of aromatic nitrogens is 2. The molecule has 8 rings (SSSR count). The minimum Gasteiger partial charge on any atom is -0.462 e. The first-order chi connectivity index (χ1) is 21.7. The van der Waals surface area contributed by atoms with Crippen LogP contribution < -0.4 is 14.4 Å². The summed E-state index contributed by atoms with van der Waals surface area (Å²) in [5, 5.41) is 0.326. The number of imidazole rings is 1. The van der Waals surface area contributed by atoms with Gasteiger partial charge in [0.05, 0.1) is 42.6 Å². The second-order valence-corrected chi connectivity index (χ2v) is 14.1. The molecule has 3 saturated heterocycles. The normalized spacial score (nSPS) is 23.5. The van der Waals surface area contributed by atoms with Gasteiger partial charge in [-0.15, -0.1) is 11.3 Å². The number of ether oxygens (including phenoxy) is 4. The zero-order valence-electron chi connectivity index (χ0n) is 25.2. The lowest BCUT2D eigenvalue weighted by Crippen LogP contribution is -2.57. The lowest BCUT2D eigenvalue weighted by Gasteiger charge is -2.49. The van der Waals surface area contributed by atoms with Gasteiger partial charge in [0, 0.05) is 43.6 Å². The third-order valence-corrected chi connectivity index (χ3v) is 10.7. The lowest BCUT2D eigenvalue weighted by molar-refractivity contribution is -0.0706. The molecule has 0 bridgehead atoms. The number of halogens is 2. The highest BCUT2D eigenvalue weighted by Crippen LogP contribution is 2.53. The van der Waals surface area contributed by atoms with Gasteiger partial charge in [0.15, 0.2) is 11.5 Å². The third kappa shape index (κ3) is 5.04. The molecule has 12 heteroatoms. The smallest absolute Gasteiger partial charge is 0.348 e. The number of thiophene rings is 1. The Hall–Kier alpha value is -3.38. The van der Waals surface area contributed by atoms with Gasteiger partial charge in [-0.25, -0.2) is 14.2 Å². The molecule has 0 N–H and O–H groups in total. The van der Waals surface area contributed by atoms with Gasteiger partial charge in [0.2, 0.25) is 0 Å². The lowest BCUT2D eigenvalue weighted by atomic mass is 9.78. The molecule has 4 aliphatic rings. The summed E-state index contributed by atoms with van der Waals surface area (Å²) in [6.07, 6.45) is 2.30. The number of carbonyl (C=O) groups is 1. The fourth-order valence-electron chi connectivity index (χ4n) is 7.11. The number of carbonyl (C=O) groups excluding carboxylic acids is 1. The van der Waals surface area contributed by atoms with Crippen LogP contribution in [0.5, 0.6) is 11.5 Å². The quantitative estimate of drug-likeness (QED) is 0.208. The highest BCUT2D eigenvalue weighted by atomic mass is 35.5. The maximum absolute atomic E-state index is 14.8. The Bertz CT molecular complexity index is 1800. The fourth-order valence-corrected chi connectivity index (χ4v) is 8.21. The van der Waals surface area contributed by atoms with Gasteiger partial charge in [-0.1, -0.05) is 17.7 Å². The molecule has 2 aromatic heterocycles. The standard InChI is InChI=1S/C33H34ClFN4O5S/c1-3-41-31(40)27-14-25-30(45-27)36-28(39(25)15-21-9-12-42-21)16-37-11-10-33(17-37)18-38(19-33)24-5-4-6-26-29(24)44-32(2,43-26)22-8-7-20(34)13-23(22)35/h4-8,13-14,21H,3,9-12,15-19H2,1-2H3/t21-,32?/m0/s1. The van der Waals surface area contributed by atoms with Crippen molar-refractivity contribution in [1.29, 1.82) is 0 Å². The van der Waals surface area contributed by atoms with E-state index in [9.17, 15) is 9.18 Å². The first kappa shape index (κ1) is 29.1. The molecule has 0 aliphatic carbocycles. The zero-order valence-corrected chi connectivity index (χ0v) is 26.8. The number of fused-ring (bicyclic) bond motifs is 2. The van der Waals surface area contributed by atoms with E-state index in [1.165, 1.54) is 17.4 Å². The topological polar surface area (TPSA) is 78.3 Å². The average molecular weight is 653 g/mol. The van der Waals surface area contributed by atoms with Crippen LogP contribution in [-0.2, 0) is 28.4 Å². The molecular weight excluding hydrogens is 619 g/mol. The fraction of sp³-hybridized carbons (Fsp3) is 0.455. The molecule has 4 aliphatic heterocycles. The van der Waals surface area contributed by atoms with E-state index >= 15 is 0 Å². The second kappa shape index (κ2) is 10.9. The first-order valence-corrected chi connectivity index (χ1v) is 16.6. The van der Waals surface area contributed by atoms with Crippen molar-refractivity contribution in [1.82, 2.24) is 14.5 Å². The summed E-state index contributed by atoms with van der Waals surface area (Å²) in [7, 11) is 0. The van der Waals surface area contributed by atoms with Crippen LogP contribution in [0.2, 0.25) is 5.02 Å². The molecule has 3 fully saturated rings. The number of benzene rings is 2. The van der Waals surface area contributed by atoms with Crippen molar-refractivity contribution in [3.63, 3.8) is 0 Å². The first-order valence-electron chi connectivity index (χ1n) is 15.4. The molecule has 2 aromatic carbocycles. The van der Waals surface area contributed by atoms with Crippen LogP contribution in [-0.4, -0.2) is 65.9 Å². The average Bonchev–Trinajstić information content (AvgIpc) is 3.71. The van der Waals surface area contributed by atoms with Crippen molar-refractivity contribution in [2.24, 2.45) is 5.41 Å². The Morgan fingerprint density at radius 3 is 2.80 bits per heavy atom. The van der Waals surface area contributed by atoms with E-state index in [0.717, 1.165) is 80.6 Å². The van der Waals surface area contributed by atoms with Crippen molar-refractivity contribution < 1.29 is 28.1 Å². The minimum absolute atomic E-state index is 0.175. The predicted octanol–water partition coefficient (Wildman–Crippen LogP) is 6.21. The van der Waals surface area contributed by atoms with E-state index < -0.39 is 11.6 Å². The monoisotopic (exact) mass is 652 g/mol. The Balaban J connectivity index is 0.963. The van der Waals surface area contributed by atoms with Crippen LogP contribution in [0.15, 0.2) is 42.5 Å². The Morgan fingerprint density at radius 2 is 2.04 bits per heavy atom. The summed E-state index contributed by atoms with van der Waals surface area (Å²) in [6.45, 7) is 9.93. The second-order valence-electron chi connectivity index (χ2n) is 12.6. The Morgan fingerprint density at radius 1 is 1.20 bits per heavy atom. The number of hydrogen-bond acceptors (Lipinski definition) is 9. The number of likely N-dealkylation sites (tertiary alicyclic amines) is 1. The zero-order chi connectivity index (χ0) is 30.9. The molecule has 4 aromatic rings. The molecule has 6 heterocycles. The van der Waals surface area contributed by atoms with E-state index in [4.69, 9.17) is 35.5 Å². The number of nitrogens with zero attached hydrogens (tertiary/aromatic N) is 4. The van der Waals surface area contributed by atoms with Crippen LogP contribution >= 0.6 is 22.9 Å². The van der Waals surface area contributed by atoms with Crippen LogP contribution in [0.3, 0.4) is 0 Å². The van der Waals surface area contributed by atoms with Gasteiger partial charge in [-0.3, -0.25) is 4.90 Å². The number of para-hydroxylation sites is 1. The summed E-state index contributed by atoms with van der Waals surface area (Å²) in [6, 6.07) is 12.3. The van der Waals surface area contributed by atoms with Gasteiger partial charge >= 0.3 is 5.97 Å². The van der Waals surface area contributed by atoms with Crippen molar-refractivity contribution in [3.8, 4) is 11.5 Å². The minimum atomic E-state index is -1.28. The summed E-state index contributed by atoms with van der Waals surface area (Å²) in [5.74, 6) is 0.210. The SMILES string of the molecule is CCOC(=O)c1cc2c(nc(CN3CCC4(C3)CN(c3cccc5c3OC(C)(c3ccc(Cl)cc3F)O5)C4)n2C[C@@H]2CCO2)s1.